The van der Waals surface area contributed by atoms with Crippen molar-refractivity contribution in [2.75, 3.05) is 13.2 Å². The lowest BCUT2D eigenvalue weighted by Gasteiger charge is -2.26. The zero-order valence-corrected chi connectivity index (χ0v) is 18.6. The number of benzene rings is 2. The van der Waals surface area contributed by atoms with E-state index in [4.69, 9.17) is 20.8 Å². The van der Waals surface area contributed by atoms with Crippen LogP contribution in [0.25, 0.3) is 11.0 Å². The summed E-state index contributed by atoms with van der Waals surface area (Å²) in [6, 6.07) is 15.1. The van der Waals surface area contributed by atoms with Gasteiger partial charge in [0.2, 0.25) is 5.78 Å². The molecule has 7 heteroatoms. The van der Waals surface area contributed by atoms with E-state index in [2.05, 4.69) is 0 Å². The van der Waals surface area contributed by atoms with Gasteiger partial charge in [-0.05, 0) is 50.1 Å². The number of hydrogen-bond donors (Lipinski definition) is 1. The van der Waals surface area contributed by atoms with Gasteiger partial charge in [0.05, 0.1) is 17.7 Å². The molecular formula is C25H24ClNO5. The molecule has 0 aliphatic carbocycles. The normalized spacial score (nSPS) is 16.6. The smallest absolute Gasteiger partial charge is 0.290 e. The van der Waals surface area contributed by atoms with Crippen molar-refractivity contribution in [3.63, 3.8) is 0 Å². The van der Waals surface area contributed by atoms with Gasteiger partial charge in [0.1, 0.15) is 5.58 Å². The number of hydrogen-bond acceptors (Lipinski definition) is 5. The molecule has 166 valence electrons. The monoisotopic (exact) mass is 453 g/mol. The Labute approximate surface area is 191 Å². The van der Waals surface area contributed by atoms with Crippen LogP contribution in [0.2, 0.25) is 5.02 Å². The number of halogens is 1. The van der Waals surface area contributed by atoms with Gasteiger partial charge in [-0.25, -0.2) is 0 Å². The molecular weight excluding hydrogens is 430 g/mol. The summed E-state index contributed by atoms with van der Waals surface area (Å²) in [6.45, 7) is 4.69. The molecule has 0 saturated heterocycles. The van der Waals surface area contributed by atoms with Crippen LogP contribution < -0.4 is 0 Å². The van der Waals surface area contributed by atoms with Gasteiger partial charge in [-0.1, -0.05) is 41.9 Å². The van der Waals surface area contributed by atoms with Crippen molar-refractivity contribution in [1.29, 1.82) is 0 Å². The Morgan fingerprint density at radius 3 is 2.66 bits per heavy atom. The van der Waals surface area contributed by atoms with Gasteiger partial charge in [0, 0.05) is 23.6 Å². The molecule has 0 spiro atoms. The average molecular weight is 454 g/mol. The molecule has 1 aliphatic heterocycles. The van der Waals surface area contributed by atoms with Crippen molar-refractivity contribution in [1.82, 2.24) is 4.90 Å². The molecule has 0 fully saturated rings. The van der Waals surface area contributed by atoms with E-state index in [9.17, 15) is 14.7 Å². The summed E-state index contributed by atoms with van der Waals surface area (Å²) in [6.07, 6.45) is 0.657. The average Bonchev–Trinajstić information content (AvgIpc) is 3.30. The molecule has 1 N–H and O–H groups in total. The third kappa shape index (κ3) is 4.29. The van der Waals surface area contributed by atoms with Gasteiger partial charge in [0.15, 0.2) is 11.5 Å². The van der Waals surface area contributed by atoms with Crippen LogP contribution in [0.4, 0.5) is 0 Å². The van der Waals surface area contributed by atoms with E-state index in [1.165, 1.54) is 4.90 Å². The molecule has 32 heavy (non-hydrogen) atoms. The predicted octanol–water partition coefficient (Wildman–Crippen LogP) is 5.48. The lowest BCUT2D eigenvalue weighted by Crippen LogP contribution is -2.32. The number of carbonyl (C=O) groups excluding carboxylic acids is 2. The van der Waals surface area contributed by atoms with Crippen LogP contribution in [0.15, 0.2) is 70.3 Å². The van der Waals surface area contributed by atoms with E-state index >= 15 is 0 Å². The maximum absolute atomic E-state index is 13.5. The number of carbonyl (C=O) groups is 2. The van der Waals surface area contributed by atoms with E-state index in [1.54, 1.807) is 24.3 Å². The minimum atomic E-state index is -0.716. The van der Waals surface area contributed by atoms with E-state index in [1.807, 2.05) is 44.2 Å². The second kappa shape index (κ2) is 9.18. The molecule has 1 aliphatic rings. The van der Waals surface area contributed by atoms with Crippen molar-refractivity contribution >= 4 is 34.3 Å². The fourth-order valence-corrected chi connectivity index (χ4v) is 4.09. The van der Waals surface area contributed by atoms with Gasteiger partial charge in [-0.15, -0.1) is 0 Å². The molecule has 1 aromatic heterocycles. The second-order valence-electron chi connectivity index (χ2n) is 7.97. The molecule has 1 atom stereocenters. The molecule has 0 radical (unpaired) electrons. The highest BCUT2D eigenvalue weighted by Crippen LogP contribution is 2.39. The summed E-state index contributed by atoms with van der Waals surface area (Å²) in [5, 5.41) is 11.9. The lowest BCUT2D eigenvalue weighted by atomic mass is 9.95. The van der Waals surface area contributed by atoms with E-state index in [-0.39, 0.29) is 17.4 Å². The van der Waals surface area contributed by atoms with Crippen LogP contribution in [0.1, 0.15) is 42.4 Å². The third-order valence-electron chi connectivity index (χ3n) is 5.36. The molecule has 1 unspecified atom stereocenters. The highest BCUT2D eigenvalue weighted by atomic mass is 35.5. The van der Waals surface area contributed by atoms with Gasteiger partial charge >= 0.3 is 0 Å². The number of ether oxygens (including phenoxy) is 1. The molecule has 1 amide bonds. The molecule has 3 aromatic rings. The van der Waals surface area contributed by atoms with Gasteiger partial charge in [-0.3, -0.25) is 9.59 Å². The minimum Gasteiger partial charge on any atom is -0.503 e. The summed E-state index contributed by atoms with van der Waals surface area (Å²) in [4.78, 5) is 27.9. The van der Waals surface area contributed by atoms with Crippen LogP contribution >= 0.6 is 11.6 Å². The van der Waals surface area contributed by atoms with Crippen molar-refractivity contribution < 1.29 is 23.8 Å². The Kier molecular flexibility index (Phi) is 6.35. The Morgan fingerprint density at radius 2 is 1.94 bits per heavy atom. The van der Waals surface area contributed by atoms with Crippen LogP contribution in [0.5, 0.6) is 0 Å². The lowest BCUT2D eigenvalue weighted by molar-refractivity contribution is -0.129. The number of nitrogens with zero attached hydrogens (tertiary/aromatic N) is 1. The summed E-state index contributed by atoms with van der Waals surface area (Å²) >= 11 is 6.04. The van der Waals surface area contributed by atoms with Crippen molar-refractivity contribution in [3.8, 4) is 0 Å². The van der Waals surface area contributed by atoms with Gasteiger partial charge in [0.25, 0.3) is 5.91 Å². The zero-order chi connectivity index (χ0) is 22.8. The quantitative estimate of drug-likeness (QED) is 0.361. The number of fused-ring (bicyclic) bond motifs is 1. The highest BCUT2D eigenvalue weighted by molar-refractivity contribution is 6.31. The highest BCUT2D eigenvalue weighted by Gasteiger charge is 2.44. The molecule has 2 aromatic carbocycles. The fraction of sp³-hybridized carbons (Fsp3) is 0.280. The molecule has 0 saturated carbocycles. The third-order valence-corrected chi connectivity index (χ3v) is 5.60. The number of aliphatic hydroxyl groups is 1. The van der Waals surface area contributed by atoms with Crippen LogP contribution in [-0.4, -0.2) is 41.0 Å². The first-order valence-corrected chi connectivity index (χ1v) is 10.9. The Morgan fingerprint density at radius 1 is 1.19 bits per heavy atom. The molecule has 4 rings (SSSR count). The number of ketones is 1. The zero-order valence-electron chi connectivity index (χ0n) is 17.9. The van der Waals surface area contributed by atoms with Crippen LogP contribution in [-0.2, 0) is 9.53 Å². The summed E-state index contributed by atoms with van der Waals surface area (Å²) in [7, 11) is 0. The van der Waals surface area contributed by atoms with Crippen molar-refractivity contribution in [2.24, 2.45) is 0 Å². The Bertz CT molecular complexity index is 1180. The van der Waals surface area contributed by atoms with E-state index < -0.39 is 23.5 Å². The largest absolute Gasteiger partial charge is 0.503 e. The summed E-state index contributed by atoms with van der Waals surface area (Å²) in [5.74, 6) is -1.61. The first kappa shape index (κ1) is 22.1. The number of furan rings is 1. The van der Waals surface area contributed by atoms with Crippen LogP contribution in [0, 0.1) is 0 Å². The maximum Gasteiger partial charge on any atom is 0.290 e. The standard InChI is InChI=1S/C25H24ClNO5/c1-15(2)31-12-6-11-27-22(16-7-4-3-5-8-16)21(24(29)25(27)30)23(28)20-14-17-13-18(26)9-10-19(17)32-20/h3-5,7-10,13-15,22,29H,6,11-12H2,1-2H3. The van der Waals surface area contributed by atoms with Crippen LogP contribution in [0.3, 0.4) is 0 Å². The molecule has 0 bridgehead atoms. The number of aliphatic hydroxyl groups excluding tert-OH is 1. The first-order valence-electron chi connectivity index (χ1n) is 10.5. The Balaban J connectivity index is 1.69. The van der Waals surface area contributed by atoms with Crippen molar-refractivity contribution in [2.45, 2.75) is 32.4 Å². The van der Waals surface area contributed by atoms with Gasteiger partial charge in [-0.2, -0.15) is 0 Å². The van der Waals surface area contributed by atoms with E-state index in [0.29, 0.717) is 35.6 Å². The maximum atomic E-state index is 13.5. The Hall–Kier alpha value is -3.09. The van der Waals surface area contributed by atoms with E-state index in [0.717, 1.165) is 5.56 Å². The molecule has 2 heterocycles. The predicted molar refractivity (Wildman–Crippen MR) is 122 cm³/mol. The summed E-state index contributed by atoms with van der Waals surface area (Å²) in [5.41, 5.74) is 1.24. The topological polar surface area (TPSA) is 80.0 Å². The fourth-order valence-electron chi connectivity index (χ4n) is 3.91. The van der Waals surface area contributed by atoms with Crippen molar-refractivity contribution in [3.05, 3.63) is 82.3 Å². The molecule has 6 nitrogen and oxygen atoms in total. The number of amides is 1. The SMILES string of the molecule is CC(C)OCCCN1C(=O)C(O)=C(C(=O)c2cc3cc(Cl)ccc3o2)C1c1ccccc1. The first-order chi connectivity index (χ1) is 15.4. The number of rotatable bonds is 8. The minimum absolute atomic E-state index is 0.0103. The second-order valence-corrected chi connectivity index (χ2v) is 8.41. The number of Topliss-reactive ketones (excluding diaryl/α,β-unsaturated/α-hetero) is 1. The summed E-state index contributed by atoms with van der Waals surface area (Å²) < 4.78 is 11.3. The van der Waals surface area contributed by atoms with Gasteiger partial charge < -0.3 is 19.2 Å².